The standard InChI is InChI=1S/C13H10F3NO2S/c14-9-1-8(2-10(15)3-9)7-20(18,19)13-5-11(16)4-12(17)6-13/h1-6H,7,17H2. The molecule has 0 radical (unpaired) electrons. The van der Waals surface area contributed by atoms with Gasteiger partial charge in [0.05, 0.1) is 10.6 Å². The van der Waals surface area contributed by atoms with E-state index in [0.29, 0.717) is 6.07 Å². The van der Waals surface area contributed by atoms with Crippen molar-refractivity contribution in [2.45, 2.75) is 10.6 Å². The Morgan fingerprint density at radius 2 is 1.40 bits per heavy atom. The number of hydrogen-bond acceptors (Lipinski definition) is 3. The van der Waals surface area contributed by atoms with Crippen LogP contribution in [-0.2, 0) is 15.6 Å². The molecule has 0 saturated carbocycles. The van der Waals surface area contributed by atoms with E-state index < -0.39 is 33.0 Å². The van der Waals surface area contributed by atoms with Gasteiger partial charge in [-0.05, 0) is 35.9 Å². The highest BCUT2D eigenvalue weighted by molar-refractivity contribution is 7.90. The van der Waals surface area contributed by atoms with Crippen LogP contribution in [0.4, 0.5) is 18.9 Å². The second-order valence-electron chi connectivity index (χ2n) is 4.26. The van der Waals surface area contributed by atoms with Crippen LogP contribution in [0.1, 0.15) is 5.56 Å². The number of nitrogens with two attached hydrogens (primary N) is 1. The zero-order valence-electron chi connectivity index (χ0n) is 10.1. The zero-order chi connectivity index (χ0) is 14.9. The second kappa shape index (κ2) is 5.16. The van der Waals surface area contributed by atoms with E-state index in [2.05, 4.69) is 0 Å². The average molecular weight is 301 g/mol. The summed E-state index contributed by atoms with van der Waals surface area (Å²) in [6, 6.07) is 5.32. The van der Waals surface area contributed by atoms with Gasteiger partial charge in [0, 0.05) is 11.8 Å². The number of hydrogen-bond donors (Lipinski definition) is 1. The fraction of sp³-hybridized carbons (Fsp3) is 0.0769. The van der Waals surface area contributed by atoms with Crippen LogP contribution < -0.4 is 5.73 Å². The highest BCUT2D eigenvalue weighted by atomic mass is 32.2. The molecule has 0 spiro atoms. The number of benzene rings is 2. The fourth-order valence-electron chi connectivity index (χ4n) is 1.76. The molecule has 0 fully saturated rings. The highest BCUT2D eigenvalue weighted by Crippen LogP contribution is 2.21. The topological polar surface area (TPSA) is 60.2 Å². The molecule has 0 heterocycles. The molecule has 3 nitrogen and oxygen atoms in total. The van der Waals surface area contributed by atoms with Crippen LogP contribution in [0.25, 0.3) is 0 Å². The summed E-state index contributed by atoms with van der Waals surface area (Å²) in [5.41, 5.74) is 5.26. The molecule has 2 rings (SSSR count). The number of halogens is 3. The minimum absolute atomic E-state index is 0.0472. The molecule has 2 aromatic rings. The van der Waals surface area contributed by atoms with Crippen LogP contribution in [0.15, 0.2) is 41.3 Å². The number of rotatable bonds is 3. The average Bonchev–Trinajstić information content (AvgIpc) is 2.25. The Kier molecular flexibility index (Phi) is 3.71. The van der Waals surface area contributed by atoms with Gasteiger partial charge in [-0.2, -0.15) is 0 Å². The molecule has 0 aliphatic heterocycles. The first kappa shape index (κ1) is 14.4. The first-order chi connectivity index (χ1) is 9.26. The van der Waals surface area contributed by atoms with Gasteiger partial charge in [-0.15, -0.1) is 0 Å². The Hall–Kier alpha value is -2.02. The molecule has 106 valence electrons. The molecule has 0 amide bonds. The van der Waals surface area contributed by atoms with E-state index in [-0.39, 0.29) is 16.1 Å². The summed E-state index contributed by atoms with van der Waals surface area (Å²) in [4.78, 5) is -0.334. The summed E-state index contributed by atoms with van der Waals surface area (Å²) in [5.74, 6) is -3.21. The van der Waals surface area contributed by atoms with Gasteiger partial charge >= 0.3 is 0 Å². The maximum atomic E-state index is 13.2. The summed E-state index contributed by atoms with van der Waals surface area (Å²) in [7, 11) is -3.95. The minimum atomic E-state index is -3.95. The van der Waals surface area contributed by atoms with Crippen molar-refractivity contribution in [2.75, 3.05) is 5.73 Å². The molecule has 0 aliphatic rings. The lowest BCUT2D eigenvalue weighted by Crippen LogP contribution is -2.07. The van der Waals surface area contributed by atoms with Crippen LogP contribution in [0.3, 0.4) is 0 Å². The van der Waals surface area contributed by atoms with E-state index in [1.165, 1.54) is 0 Å². The summed E-state index contributed by atoms with van der Waals surface area (Å²) >= 11 is 0. The fourth-order valence-corrected chi connectivity index (χ4v) is 3.14. The number of sulfone groups is 1. The third-order valence-electron chi connectivity index (χ3n) is 2.53. The Labute approximate surface area is 113 Å². The van der Waals surface area contributed by atoms with Crippen molar-refractivity contribution in [3.63, 3.8) is 0 Å². The van der Waals surface area contributed by atoms with Crippen molar-refractivity contribution in [3.8, 4) is 0 Å². The van der Waals surface area contributed by atoms with Crippen molar-refractivity contribution < 1.29 is 21.6 Å². The van der Waals surface area contributed by atoms with Gasteiger partial charge in [0.1, 0.15) is 17.5 Å². The summed E-state index contributed by atoms with van der Waals surface area (Å²) in [6.45, 7) is 0. The molecule has 0 unspecified atom stereocenters. The lowest BCUT2D eigenvalue weighted by Gasteiger charge is -2.06. The number of nitrogen functional groups attached to an aromatic ring is 1. The minimum Gasteiger partial charge on any atom is -0.399 e. The predicted octanol–water partition coefficient (Wildman–Crippen LogP) is 2.66. The van der Waals surface area contributed by atoms with Gasteiger partial charge in [-0.1, -0.05) is 0 Å². The Morgan fingerprint density at radius 3 is 1.95 bits per heavy atom. The van der Waals surface area contributed by atoms with Crippen LogP contribution in [0.5, 0.6) is 0 Å². The molecule has 2 aromatic carbocycles. The van der Waals surface area contributed by atoms with Crippen LogP contribution in [0, 0.1) is 17.5 Å². The van der Waals surface area contributed by atoms with Crippen LogP contribution >= 0.6 is 0 Å². The van der Waals surface area contributed by atoms with E-state index in [1.807, 2.05) is 0 Å². The Balaban J connectivity index is 2.40. The van der Waals surface area contributed by atoms with Crippen molar-refractivity contribution in [2.24, 2.45) is 0 Å². The maximum Gasteiger partial charge on any atom is 0.182 e. The summed E-state index contributed by atoms with van der Waals surface area (Å²) in [6.07, 6.45) is 0. The molecular formula is C13H10F3NO2S. The molecule has 0 aromatic heterocycles. The van der Waals surface area contributed by atoms with Crippen molar-refractivity contribution in [1.82, 2.24) is 0 Å². The molecule has 20 heavy (non-hydrogen) atoms. The van der Waals surface area contributed by atoms with E-state index in [4.69, 9.17) is 5.73 Å². The zero-order valence-corrected chi connectivity index (χ0v) is 10.9. The van der Waals surface area contributed by atoms with E-state index in [9.17, 15) is 21.6 Å². The van der Waals surface area contributed by atoms with E-state index >= 15 is 0 Å². The van der Waals surface area contributed by atoms with Gasteiger partial charge in [0.15, 0.2) is 9.84 Å². The van der Waals surface area contributed by atoms with Gasteiger partial charge in [-0.3, -0.25) is 0 Å². The van der Waals surface area contributed by atoms with Crippen LogP contribution in [-0.4, -0.2) is 8.42 Å². The van der Waals surface area contributed by atoms with Gasteiger partial charge in [-0.25, -0.2) is 21.6 Å². The third kappa shape index (κ3) is 3.30. The molecule has 0 aliphatic carbocycles. The van der Waals surface area contributed by atoms with Crippen molar-refractivity contribution in [3.05, 3.63) is 59.4 Å². The monoisotopic (exact) mass is 301 g/mol. The van der Waals surface area contributed by atoms with Gasteiger partial charge in [0.2, 0.25) is 0 Å². The van der Waals surface area contributed by atoms with Gasteiger partial charge < -0.3 is 5.73 Å². The van der Waals surface area contributed by atoms with Crippen molar-refractivity contribution >= 4 is 15.5 Å². The quantitative estimate of drug-likeness (QED) is 0.887. The smallest absolute Gasteiger partial charge is 0.182 e. The molecule has 0 saturated heterocycles. The number of anilines is 1. The molecule has 7 heteroatoms. The Bertz CT molecular complexity index is 720. The molecule has 0 atom stereocenters. The lowest BCUT2D eigenvalue weighted by atomic mass is 10.2. The van der Waals surface area contributed by atoms with E-state index in [0.717, 1.165) is 30.3 Å². The molecular weight excluding hydrogens is 291 g/mol. The predicted molar refractivity (Wildman–Crippen MR) is 68.1 cm³/mol. The van der Waals surface area contributed by atoms with E-state index in [1.54, 1.807) is 0 Å². The SMILES string of the molecule is Nc1cc(F)cc(S(=O)(=O)Cc2cc(F)cc(F)c2)c1. The summed E-state index contributed by atoms with van der Waals surface area (Å²) < 4.78 is 63.3. The lowest BCUT2D eigenvalue weighted by molar-refractivity contribution is 0.578. The maximum absolute atomic E-state index is 13.2. The summed E-state index contributed by atoms with van der Waals surface area (Å²) in [5, 5.41) is 0. The second-order valence-corrected chi connectivity index (χ2v) is 6.25. The Morgan fingerprint density at radius 1 is 0.850 bits per heavy atom. The van der Waals surface area contributed by atoms with Gasteiger partial charge in [0.25, 0.3) is 0 Å². The van der Waals surface area contributed by atoms with Crippen molar-refractivity contribution in [1.29, 1.82) is 0 Å². The highest BCUT2D eigenvalue weighted by Gasteiger charge is 2.18. The third-order valence-corrected chi connectivity index (χ3v) is 4.20. The first-order valence-corrected chi connectivity index (χ1v) is 7.15. The largest absolute Gasteiger partial charge is 0.399 e. The van der Waals surface area contributed by atoms with Crippen LogP contribution in [0.2, 0.25) is 0 Å². The first-order valence-electron chi connectivity index (χ1n) is 5.50. The normalized spacial score (nSPS) is 11.6. The molecule has 0 bridgehead atoms. The molecule has 2 N–H and O–H groups in total.